The largest absolute Gasteiger partial charge is 0.467 e. The molecule has 0 aliphatic heterocycles. The monoisotopic (exact) mass is 447 g/mol. The number of furan rings is 1. The minimum absolute atomic E-state index is 0.00890. The van der Waals surface area contributed by atoms with E-state index >= 15 is 0 Å². The highest BCUT2D eigenvalue weighted by Gasteiger charge is 2.23. The number of nitrogens with zero attached hydrogens (tertiary/aromatic N) is 2. The predicted molar refractivity (Wildman–Crippen MR) is 131 cm³/mol. The number of nitrogens with one attached hydrogen (secondary N) is 1. The molecule has 6 nitrogen and oxygen atoms in total. The lowest BCUT2D eigenvalue weighted by Crippen LogP contribution is -2.45. The van der Waals surface area contributed by atoms with Gasteiger partial charge in [0.05, 0.1) is 12.8 Å². The maximum Gasteiger partial charge on any atom is 0.322 e. The van der Waals surface area contributed by atoms with Crippen LogP contribution in [0.5, 0.6) is 0 Å². The normalized spacial score (nSPS) is 10.8. The molecule has 1 aromatic heterocycles. The highest BCUT2D eigenvalue weighted by Crippen LogP contribution is 2.15. The summed E-state index contributed by atoms with van der Waals surface area (Å²) in [5.74, 6) is 0.794. The van der Waals surface area contributed by atoms with Crippen molar-refractivity contribution in [1.29, 1.82) is 0 Å². The van der Waals surface area contributed by atoms with Gasteiger partial charge in [-0.3, -0.25) is 4.79 Å². The van der Waals surface area contributed by atoms with E-state index < -0.39 is 0 Å². The quantitative estimate of drug-likeness (QED) is 0.442. The molecule has 0 aliphatic rings. The number of aryl methyl sites for hydroxylation is 1. The van der Waals surface area contributed by atoms with Crippen LogP contribution in [-0.4, -0.2) is 34.8 Å². The Labute approximate surface area is 196 Å². The number of hydrogen-bond donors (Lipinski definition) is 1. The Morgan fingerprint density at radius 3 is 2.33 bits per heavy atom. The second-order valence-corrected chi connectivity index (χ2v) is 8.57. The van der Waals surface area contributed by atoms with Gasteiger partial charge in [-0.2, -0.15) is 0 Å². The fourth-order valence-electron chi connectivity index (χ4n) is 3.62. The Kier molecular flexibility index (Phi) is 8.70. The molecule has 33 heavy (non-hydrogen) atoms. The number of benzene rings is 2. The van der Waals surface area contributed by atoms with Crippen molar-refractivity contribution in [3.8, 4) is 0 Å². The number of rotatable bonds is 10. The molecular weight excluding hydrogens is 414 g/mol. The second kappa shape index (κ2) is 11.9. The van der Waals surface area contributed by atoms with Crippen molar-refractivity contribution in [1.82, 2.24) is 9.80 Å². The first-order valence-electron chi connectivity index (χ1n) is 11.4. The Balaban J connectivity index is 1.75. The third-order valence-electron chi connectivity index (χ3n) is 5.28. The molecular formula is C27H33N3O3. The number of carbonyl (C=O) groups excluding carboxylic acids is 2. The zero-order valence-corrected chi connectivity index (χ0v) is 19.7. The summed E-state index contributed by atoms with van der Waals surface area (Å²) < 4.78 is 5.48. The highest BCUT2D eigenvalue weighted by atomic mass is 16.3. The Bertz CT molecular complexity index is 1020. The maximum absolute atomic E-state index is 13.4. The number of anilines is 1. The molecule has 6 heteroatoms. The van der Waals surface area contributed by atoms with Crippen molar-refractivity contribution in [2.24, 2.45) is 5.92 Å². The minimum Gasteiger partial charge on any atom is -0.467 e. The summed E-state index contributed by atoms with van der Waals surface area (Å²) in [5.41, 5.74) is 2.90. The van der Waals surface area contributed by atoms with Gasteiger partial charge in [0.15, 0.2) is 0 Å². The third-order valence-corrected chi connectivity index (χ3v) is 5.28. The average molecular weight is 448 g/mol. The summed E-state index contributed by atoms with van der Waals surface area (Å²) in [5, 5.41) is 2.96. The molecule has 0 unspecified atom stereocenters. The zero-order chi connectivity index (χ0) is 23.6. The summed E-state index contributed by atoms with van der Waals surface area (Å²) in [6, 6.07) is 21.0. The summed E-state index contributed by atoms with van der Waals surface area (Å²) in [6.07, 6.45) is 2.49. The van der Waals surface area contributed by atoms with Gasteiger partial charge in [0.1, 0.15) is 12.3 Å². The molecule has 3 aromatic rings. The first-order chi connectivity index (χ1) is 15.9. The van der Waals surface area contributed by atoms with Gasteiger partial charge in [0, 0.05) is 18.8 Å². The van der Waals surface area contributed by atoms with Crippen molar-refractivity contribution in [3.63, 3.8) is 0 Å². The van der Waals surface area contributed by atoms with E-state index in [1.165, 1.54) is 0 Å². The second-order valence-electron chi connectivity index (χ2n) is 8.57. The van der Waals surface area contributed by atoms with Crippen LogP contribution in [0.15, 0.2) is 77.4 Å². The van der Waals surface area contributed by atoms with E-state index in [0.29, 0.717) is 25.4 Å². The van der Waals surface area contributed by atoms with Gasteiger partial charge in [-0.25, -0.2) is 4.79 Å². The smallest absolute Gasteiger partial charge is 0.322 e. The van der Waals surface area contributed by atoms with Crippen molar-refractivity contribution in [2.45, 2.75) is 40.3 Å². The first-order valence-corrected chi connectivity index (χ1v) is 11.4. The fraction of sp³-hybridized carbons (Fsp3) is 0.333. The van der Waals surface area contributed by atoms with E-state index in [1.54, 1.807) is 16.1 Å². The van der Waals surface area contributed by atoms with Gasteiger partial charge in [0.25, 0.3) is 0 Å². The van der Waals surface area contributed by atoms with Crippen LogP contribution >= 0.6 is 0 Å². The molecule has 0 atom stereocenters. The van der Waals surface area contributed by atoms with Crippen LogP contribution in [-0.2, 0) is 24.3 Å². The number of carbonyl (C=O) groups is 2. The maximum atomic E-state index is 13.4. The number of urea groups is 1. The van der Waals surface area contributed by atoms with Crippen LogP contribution in [0.4, 0.5) is 10.5 Å². The van der Waals surface area contributed by atoms with Crippen LogP contribution < -0.4 is 5.32 Å². The third kappa shape index (κ3) is 7.52. The van der Waals surface area contributed by atoms with Crippen LogP contribution in [0, 0.1) is 5.92 Å². The van der Waals surface area contributed by atoms with Gasteiger partial charge >= 0.3 is 6.03 Å². The van der Waals surface area contributed by atoms with Crippen LogP contribution in [0.25, 0.3) is 0 Å². The van der Waals surface area contributed by atoms with Gasteiger partial charge in [-0.05, 0) is 47.7 Å². The fourth-order valence-corrected chi connectivity index (χ4v) is 3.62. The molecule has 3 amide bonds. The molecule has 0 fully saturated rings. The minimum atomic E-state index is -0.275. The molecule has 174 valence electrons. The van der Waals surface area contributed by atoms with Crippen molar-refractivity contribution >= 4 is 17.6 Å². The Morgan fingerprint density at radius 1 is 0.909 bits per heavy atom. The molecule has 1 heterocycles. The lowest BCUT2D eigenvalue weighted by Gasteiger charge is -2.28. The van der Waals surface area contributed by atoms with Crippen LogP contribution in [0.3, 0.4) is 0 Å². The lowest BCUT2D eigenvalue weighted by molar-refractivity contribution is -0.133. The van der Waals surface area contributed by atoms with Crippen molar-refractivity contribution in [3.05, 3.63) is 89.9 Å². The molecule has 0 saturated carbocycles. The SMILES string of the molecule is CCc1cccc(NC(=O)N(CC(=O)N(Cc2ccccc2)Cc2ccco2)CC(C)C)c1. The zero-order valence-electron chi connectivity index (χ0n) is 19.7. The van der Waals surface area contributed by atoms with Crippen molar-refractivity contribution in [2.75, 3.05) is 18.4 Å². The van der Waals surface area contributed by atoms with E-state index in [9.17, 15) is 9.59 Å². The summed E-state index contributed by atoms with van der Waals surface area (Å²) >= 11 is 0. The Morgan fingerprint density at radius 2 is 1.67 bits per heavy atom. The highest BCUT2D eigenvalue weighted by molar-refractivity contribution is 5.92. The van der Waals surface area contributed by atoms with Crippen LogP contribution in [0.2, 0.25) is 0 Å². The topological polar surface area (TPSA) is 65.8 Å². The Hall–Kier alpha value is -3.54. The van der Waals surface area contributed by atoms with Gasteiger partial charge in [-0.1, -0.05) is 63.2 Å². The summed E-state index contributed by atoms with van der Waals surface area (Å²) in [4.78, 5) is 29.8. The van der Waals surface area contributed by atoms with E-state index in [1.807, 2.05) is 80.6 Å². The van der Waals surface area contributed by atoms with E-state index in [2.05, 4.69) is 12.2 Å². The van der Waals surface area contributed by atoms with Gasteiger partial charge < -0.3 is 19.5 Å². The van der Waals surface area contributed by atoms with Gasteiger partial charge in [0.2, 0.25) is 5.91 Å². The molecule has 2 aromatic carbocycles. The summed E-state index contributed by atoms with van der Waals surface area (Å²) in [6.45, 7) is 7.40. The standard InChI is InChI=1S/C27H33N3O3/c1-4-22-12-8-13-24(16-22)28-27(32)30(17-21(2)3)20-26(31)29(19-25-14-9-15-33-25)18-23-10-6-5-7-11-23/h5-16,21H,4,17-20H2,1-3H3,(H,28,32). The molecule has 0 aliphatic carbocycles. The van der Waals surface area contributed by atoms with E-state index in [-0.39, 0.29) is 24.4 Å². The van der Waals surface area contributed by atoms with Crippen LogP contribution in [0.1, 0.15) is 37.7 Å². The molecule has 0 radical (unpaired) electrons. The first kappa shape index (κ1) is 24.1. The van der Waals surface area contributed by atoms with E-state index in [4.69, 9.17) is 4.42 Å². The molecule has 0 saturated heterocycles. The number of hydrogen-bond acceptors (Lipinski definition) is 3. The van der Waals surface area contributed by atoms with Gasteiger partial charge in [-0.15, -0.1) is 0 Å². The molecule has 3 rings (SSSR count). The number of amides is 3. The molecule has 0 bridgehead atoms. The van der Waals surface area contributed by atoms with E-state index in [0.717, 1.165) is 23.2 Å². The average Bonchev–Trinajstić information content (AvgIpc) is 3.32. The predicted octanol–water partition coefficient (Wildman–Crippen LogP) is 5.56. The van der Waals surface area contributed by atoms with Crippen molar-refractivity contribution < 1.29 is 14.0 Å². The molecule has 0 spiro atoms. The lowest BCUT2D eigenvalue weighted by atomic mass is 10.1. The molecule has 1 N–H and O–H groups in total. The summed E-state index contributed by atoms with van der Waals surface area (Å²) in [7, 11) is 0.